The van der Waals surface area contributed by atoms with Crippen molar-refractivity contribution in [2.24, 2.45) is 7.05 Å². The first-order chi connectivity index (χ1) is 13.6. The highest BCUT2D eigenvalue weighted by molar-refractivity contribution is 6.35. The summed E-state index contributed by atoms with van der Waals surface area (Å²) in [6.07, 6.45) is 0. The molecular formula is C21H27N5O3. The zero-order valence-corrected chi connectivity index (χ0v) is 17.7. The fourth-order valence-corrected chi connectivity index (χ4v) is 3.71. The topological polar surface area (TPSA) is 96.3 Å². The molecule has 8 nitrogen and oxygen atoms in total. The number of rotatable bonds is 4. The number of carbonyl (C=O) groups excluding carboxylic acids is 3. The maximum atomic E-state index is 12.9. The molecule has 1 aromatic carbocycles. The van der Waals surface area contributed by atoms with Crippen LogP contribution >= 0.6 is 0 Å². The second kappa shape index (κ2) is 7.69. The molecule has 3 rings (SSSR count). The van der Waals surface area contributed by atoms with Gasteiger partial charge in [0.2, 0.25) is 0 Å². The highest BCUT2D eigenvalue weighted by Crippen LogP contribution is 2.37. The van der Waals surface area contributed by atoms with Gasteiger partial charge in [-0.05, 0) is 40.7 Å². The summed E-state index contributed by atoms with van der Waals surface area (Å²) in [5, 5.41) is 9.53. The number of hydrogen-bond donors (Lipinski definition) is 2. The molecule has 0 bridgehead atoms. The fourth-order valence-electron chi connectivity index (χ4n) is 3.71. The van der Waals surface area contributed by atoms with Gasteiger partial charge >= 0.3 is 11.8 Å². The minimum Gasteiger partial charge on any atom is -0.344 e. The van der Waals surface area contributed by atoms with Gasteiger partial charge in [-0.15, -0.1) is 0 Å². The molecule has 8 heteroatoms. The third-order valence-corrected chi connectivity index (χ3v) is 5.32. The van der Waals surface area contributed by atoms with E-state index in [1.807, 2.05) is 59.9 Å². The van der Waals surface area contributed by atoms with Crippen molar-refractivity contribution in [1.82, 2.24) is 20.4 Å². The van der Waals surface area contributed by atoms with Gasteiger partial charge in [0.05, 0.1) is 5.69 Å². The molecule has 1 aliphatic rings. The maximum Gasteiger partial charge on any atom is 0.310 e. The minimum atomic E-state index is -0.868. The van der Waals surface area contributed by atoms with Crippen LogP contribution in [0.5, 0.6) is 0 Å². The number of nitrogens with zero attached hydrogens (tertiary/aromatic N) is 3. The number of fused-ring (bicyclic) bond motifs is 1. The van der Waals surface area contributed by atoms with E-state index in [1.165, 1.54) is 0 Å². The zero-order chi connectivity index (χ0) is 21.5. The van der Waals surface area contributed by atoms with Crippen molar-refractivity contribution in [3.63, 3.8) is 0 Å². The van der Waals surface area contributed by atoms with Gasteiger partial charge in [-0.3, -0.25) is 19.1 Å². The summed E-state index contributed by atoms with van der Waals surface area (Å²) in [5.41, 5.74) is 5.05. The molecule has 0 radical (unpaired) electrons. The number of carbonyl (C=O) groups is 3. The molecule has 2 aromatic rings. The summed E-state index contributed by atoms with van der Waals surface area (Å²) in [7, 11) is 1.83. The Morgan fingerprint density at radius 3 is 2.45 bits per heavy atom. The van der Waals surface area contributed by atoms with Crippen molar-refractivity contribution in [2.75, 3.05) is 4.90 Å². The van der Waals surface area contributed by atoms with Crippen LogP contribution in [0.4, 0.5) is 5.69 Å². The van der Waals surface area contributed by atoms with Crippen molar-refractivity contribution >= 4 is 23.4 Å². The summed E-state index contributed by atoms with van der Waals surface area (Å²) in [4.78, 5) is 39.4. The molecule has 0 unspecified atom stereocenters. The molecule has 2 N–H and O–H groups in total. The Kier molecular flexibility index (Phi) is 5.46. The van der Waals surface area contributed by atoms with E-state index in [9.17, 15) is 14.4 Å². The van der Waals surface area contributed by atoms with Crippen LogP contribution in [0.25, 0.3) is 0 Å². The van der Waals surface area contributed by atoms with E-state index in [0.29, 0.717) is 5.56 Å². The Labute approximate surface area is 170 Å². The number of aromatic nitrogens is 2. The van der Waals surface area contributed by atoms with E-state index in [1.54, 1.807) is 9.58 Å². The number of benzene rings is 1. The normalized spacial score (nSPS) is 15.6. The maximum absolute atomic E-state index is 12.9. The monoisotopic (exact) mass is 397 g/mol. The molecule has 1 aliphatic heterocycles. The highest BCUT2D eigenvalue weighted by atomic mass is 16.2. The third kappa shape index (κ3) is 3.74. The zero-order valence-electron chi connectivity index (χ0n) is 17.7. The van der Waals surface area contributed by atoms with Gasteiger partial charge in [0.15, 0.2) is 0 Å². The van der Waals surface area contributed by atoms with Crippen LogP contribution in [0, 0.1) is 20.8 Å². The lowest BCUT2D eigenvalue weighted by molar-refractivity contribution is -0.140. The van der Waals surface area contributed by atoms with E-state index >= 15 is 0 Å². The van der Waals surface area contributed by atoms with Crippen LogP contribution in [-0.4, -0.2) is 33.5 Å². The Hall–Kier alpha value is -3.16. The molecule has 1 aromatic heterocycles. The fraction of sp³-hybridized carbons (Fsp3) is 0.429. The largest absolute Gasteiger partial charge is 0.344 e. The van der Waals surface area contributed by atoms with Crippen molar-refractivity contribution in [3.05, 3.63) is 46.3 Å². The average molecular weight is 397 g/mol. The molecule has 0 fully saturated rings. The predicted octanol–water partition coefficient (Wildman–Crippen LogP) is 1.57. The second-order valence-corrected chi connectivity index (χ2v) is 7.73. The van der Waals surface area contributed by atoms with E-state index < -0.39 is 17.9 Å². The summed E-state index contributed by atoms with van der Waals surface area (Å²) in [6.45, 7) is 9.70. The predicted molar refractivity (Wildman–Crippen MR) is 109 cm³/mol. The van der Waals surface area contributed by atoms with Gasteiger partial charge in [-0.25, -0.2) is 0 Å². The molecule has 0 saturated heterocycles. The molecule has 0 spiro atoms. The lowest BCUT2D eigenvalue weighted by Crippen LogP contribution is -2.45. The second-order valence-electron chi connectivity index (χ2n) is 7.73. The van der Waals surface area contributed by atoms with Crippen LogP contribution in [-0.2, 0) is 28.0 Å². The van der Waals surface area contributed by atoms with Crippen LogP contribution in [0.2, 0.25) is 0 Å². The number of anilines is 1. The number of nitrogens with one attached hydrogen (secondary N) is 2. The molecule has 2 heterocycles. The molecule has 3 amide bonds. The molecule has 0 aliphatic carbocycles. The quantitative estimate of drug-likeness (QED) is 0.766. The van der Waals surface area contributed by atoms with Crippen molar-refractivity contribution < 1.29 is 14.4 Å². The SMILES string of the molecule is Cc1ccc2c(c1)[C@@H](NC(=O)C(=O)NCc1c(C)nn(C)c1C)C(=O)N2C(C)C. The van der Waals surface area contributed by atoms with E-state index in [0.717, 1.165) is 28.2 Å². The number of aryl methyl sites for hydroxylation is 3. The van der Waals surface area contributed by atoms with Crippen molar-refractivity contribution in [3.8, 4) is 0 Å². The molecular weight excluding hydrogens is 370 g/mol. The lowest BCUT2D eigenvalue weighted by atomic mass is 10.1. The smallest absolute Gasteiger partial charge is 0.310 e. The summed E-state index contributed by atoms with van der Waals surface area (Å²) >= 11 is 0. The Morgan fingerprint density at radius 2 is 1.86 bits per heavy atom. The molecule has 0 saturated carbocycles. The molecule has 29 heavy (non-hydrogen) atoms. The first kappa shape index (κ1) is 20.6. The standard InChI is InChI=1S/C21H27N5O3/c1-11(2)26-17-8-7-12(3)9-15(17)18(21(26)29)23-20(28)19(27)22-10-16-13(4)24-25(6)14(16)5/h7-9,11,18H,10H2,1-6H3,(H,22,27)(H,23,28)/t18-/m1/s1. The highest BCUT2D eigenvalue weighted by Gasteiger charge is 2.40. The summed E-state index contributed by atoms with van der Waals surface area (Å²) in [6, 6.07) is 4.75. The van der Waals surface area contributed by atoms with Crippen LogP contribution < -0.4 is 15.5 Å². The summed E-state index contributed by atoms with van der Waals surface area (Å²) in [5.74, 6) is -1.85. The third-order valence-electron chi connectivity index (χ3n) is 5.32. The van der Waals surface area contributed by atoms with Crippen LogP contribution in [0.3, 0.4) is 0 Å². The first-order valence-electron chi connectivity index (χ1n) is 9.63. The van der Waals surface area contributed by atoms with Gasteiger partial charge in [0, 0.05) is 42.1 Å². The molecule has 1 atom stereocenters. The van der Waals surface area contributed by atoms with Crippen molar-refractivity contribution in [2.45, 2.75) is 53.2 Å². The van der Waals surface area contributed by atoms with Crippen LogP contribution in [0.15, 0.2) is 18.2 Å². The first-order valence-corrected chi connectivity index (χ1v) is 9.63. The lowest BCUT2D eigenvalue weighted by Gasteiger charge is -2.22. The molecule has 154 valence electrons. The van der Waals surface area contributed by atoms with Gasteiger partial charge in [0.1, 0.15) is 6.04 Å². The Balaban J connectivity index is 1.74. The summed E-state index contributed by atoms with van der Waals surface area (Å²) < 4.78 is 1.73. The van der Waals surface area contributed by atoms with Crippen LogP contribution in [0.1, 0.15) is 48.0 Å². The van der Waals surface area contributed by atoms with E-state index in [4.69, 9.17) is 0 Å². The Morgan fingerprint density at radius 1 is 1.17 bits per heavy atom. The van der Waals surface area contributed by atoms with E-state index in [2.05, 4.69) is 15.7 Å². The van der Waals surface area contributed by atoms with Gasteiger partial charge in [-0.1, -0.05) is 17.7 Å². The Bertz CT molecular complexity index is 992. The van der Waals surface area contributed by atoms with Gasteiger partial charge < -0.3 is 15.5 Å². The average Bonchev–Trinajstić information content (AvgIpc) is 3.06. The van der Waals surface area contributed by atoms with Crippen molar-refractivity contribution in [1.29, 1.82) is 0 Å². The number of amides is 3. The van der Waals surface area contributed by atoms with Gasteiger partial charge in [0.25, 0.3) is 5.91 Å². The van der Waals surface area contributed by atoms with E-state index in [-0.39, 0.29) is 18.5 Å². The van der Waals surface area contributed by atoms with Gasteiger partial charge in [-0.2, -0.15) is 5.10 Å². The number of hydrogen-bond acceptors (Lipinski definition) is 4. The minimum absolute atomic E-state index is 0.0591.